The number of sulfonamides is 1. The second-order valence-electron chi connectivity index (χ2n) is 6.80. The fourth-order valence-electron chi connectivity index (χ4n) is 3.90. The highest BCUT2D eigenvalue weighted by atomic mass is 32.2. The molecule has 1 spiro atoms. The Balaban J connectivity index is 1.61. The summed E-state index contributed by atoms with van der Waals surface area (Å²) in [6, 6.07) is 14.7. The van der Waals surface area contributed by atoms with E-state index < -0.39 is 15.4 Å². The Kier molecular flexibility index (Phi) is 3.70. The van der Waals surface area contributed by atoms with Crippen molar-refractivity contribution in [3.8, 4) is 0 Å². The molecule has 6 heteroatoms. The third kappa shape index (κ3) is 2.48. The van der Waals surface area contributed by atoms with E-state index in [9.17, 15) is 13.2 Å². The van der Waals surface area contributed by atoms with Crippen LogP contribution in [-0.2, 0) is 20.2 Å². The number of carbonyl (C=O) groups excluding carboxylic acids is 1. The first-order valence-corrected chi connectivity index (χ1v) is 9.85. The molecule has 5 nitrogen and oxygen atoms in total. The molecule has 0 saturated carbocycles. The molecule has 130 valence electrons. The van der Waals surface area contributed by atoms with Gasteiger partial charge in [0.1, 0.15) is 0 Å². The van der Waals surface area contributed by atoms with Gasteiger partial charge in [-0.15, -0.1) is 0 Å². The number of benzene rings is 2. The predicted molar refractivity (Wildman–Crippen MR) is 95.9 cm³/mol. The highest BCUT2D eigenvalue weighted by Gasteiger charge is 2.49. The lowest BCUT2D eigenvalue weighted by Crippen LogP contribution is -2.48. The molecule has 2 aliphatic rings. The Morgan fingerprint density at radius 3 is 2.48 bits per heavy atom. The zero-order chi connectivity index (χ0) is 17.7. The van der Waals surface area contributed by atoms with Crippen LogP contribution in [-0.4, -0.2) is 31.7 Å². The summed E-state index contributed by atoms with van der Waals surface area (Å²) in [6.07, 6.45) is 1.00. The van der Waals surface area contributed by atoms with Crippen LogP contribution in [0.4, 0.5) is 5.69 Å². The quantitative estimate of drug-likeness (QED) is 0.900. The predicted octanol–water partition coefficient (Wildman–Crippen LogP) is 2.67. The third-order valence-electron chi connectivity index (χ3n) is 5.33. The maximum Gasteiger partial charge on any atom is 0.243 e. The molecule has 1 fully saturated rings. The summed E-state index contributed by atoms with van der Waals surface area (Å²) in [5.74, 6) is -0.0127. The largest absolute Gasteiger partial charge is 0.325 e. The van der Waals surface area contributed by atoms with E-state index in [1.807, 2.05) is 37.3 Å². The van der Waals surface area contributed by atoms with Crippen molar-refractivity contribution in [3.05, 3.63) is 59.7 Å². The minimum absolute atomic E-state index is 0.0127. The molecular weight excluding hydrogens is 336 g/mol. The highest BCUT2D eigenvalue weighted by molar-refractivity contribution is 7.89. The summed E-state index contributed by atoms with van der Waals surface area (Å²) >= 11 is 0. The average Bonchev–Trinajstić information content (AvgIpc) is 2.87. The smallest absolute Gasteiger partial charge is 0.243 e. The summed E-state index contributed by atoms with van der Waals surface area (Å²) in [7, 11) is -3.52. The summed E-state index contributed by atoms with van der Waals surface area (Å²) in [5, 5.41) is 2.94. The Bertz CT molecular complexity index is 945. The maximum absolute atomic E-state index is 12.9. The van der Waals surface area contributed by atoms with Crippen LogP contribution in [0.5, 0.6) is 0 Å². The number of nitrogens with one attached hydrogen (secondary N) is 1. The number of nitrogens with zero attached hydrogens (tertiary/aromatic N) is 1. The van der Waals surface area contributed by atoms with Gasteiger partial charge in [-0.05, 0) is 49.1 Å². The van der Waals surface area contributed by atoms with Crippen molar-refractivity contribution in [3.63, 3.8) is 0 Å². The number of hydrogen-bond donors (Lipinski definition) is 1. The van der Waals surface area contributed by atoms with Crippen LogP contribution in [0, 0.1) is 6.92 Å². The number of hydrogen-bond acceptors (Lipinski definition) is 3. The van der Waals surface area contributed by atoms with Crippen molar-refractivity contribution in [1.82, 2.24) is 4.31 Å². The van der Waals surface area contributed by atoms with Gasteiger partial charge in [-0.2, -0.15) is 4.31 Å². The highest BCUT2D eigenvalue weighted by Crippen LogP contribution is 2.45. The second kappa shape index (κ2) is 5.68. The molecule has 4 rings (SSSR count). The molecule has 0 radical (unpaired) electrons. The molecule has 0 aliphatic carbocycles. The van der Waals surface area contributed by atoms with Gasteiger partial charge < -0.3 is 5.32 Å². The van der Waals surface area contributed by atoms with Crippen molar-refractivity contribution in [1.29, 1.82) is 0 Å². The molecule has 1 N–H and O–H groups in total. The van der Waals surface area contributed by atoms with E-state index in [4.69, 9.17) is 0 Å². The Labute approximate surface area is 147 Å². The lowest BCUT2D eigenvalue weighted by atomic mass is 9.74. The van der Waals surface area contributed by atoms with Crippen molar-refractivity contribution in [2.45, 2.75) is 30.1 Å². The third-order valence-corrected chi connectivity index (χ3v) is 7.22. The molecule has 0 unspecified atom stereocenters. The van der Waals surface area contributed by atoms with Gasteiger partial charge in [-0.1, -0.05) is 30.3 Å². The molecule has 0 atom stereocenters. The summed E-state index contributed by atoms with van der Waals surface area (Å²) in [6.45, 7) is 2.57. The fraction of sp³-hybridized carbons (Fsp3) is 0.316. The monoisotopic (exact) mass is 356 g/mol. The van der Waals surface area contributed by atoms with E-state index in [0.717, 1.165) is 16.8 Å². The van der Waals surface area contributed by atoms with E-state index in [1.165, 1.54) is 4.31 Å². The topological polar surface area (TPSA) is 66.5 Å². The van der Waals surface area contributed by atoms with Crippen LogP contribution < -0.4 is 5.32 Å². The molecule has 25 heavy (non-hydrogen) atoms. The number of rotatable bonds is 2. The summed E-state index contributed by atoms with van der Waals surface area (Å²) in [5.41, 5.74) is 2.16. The van der Waals surface area contributed by atoms with Gasteiger partial charge in [0.05, 0.1) is 10.3 Å². The Morgan fingerprint density at radius 1 is 1.04 bits per heavy atom. The normalized spacial score (nSPS) is 19.6. The number of anilines is 1. The van der Waals surface area contributed by atoms with Crippen molar-refractivity contribution < 1.29 is 13.2 Å². The number of carbonyl (C=O) groups is 1. The van der Waals surface area contributed by atoms with Crippen LogP contribution in [0.25, 0.3) is 0 Å². The van der Waals surface area contributed by atoms with Crippen molar-refractivity contribution in [2.24, 2.45) is 0 Å². The van der Waals surface area contributed by atoms with Crippen molar-refractivity contribution in [2.75, 3.05) is 18.4 Å². The average molecular weight is 356 g/mol. The van der Waals surface area contributed by atoms with Crippen LogP contribution in [0.15, 0.2) is 53.4 Å². The summed E-state index contributed by atoms with van der Waals surface area (Å²) < 4.78 is 27.3. The van der Waals surface area contributed by atoms with Gasteiger partial charge in [0, 0.05) is 18.8 Å². The zero-order valence-corrected chi connectivity index (χ0v) is 14.8. The Hall–Kier alpha value is -2.18. The van der Waals surface area contributed by atoms with Crippen molar-refractivity contribution >= 4 is 21.6 Å². The molecular formula is C19H20N2O3S. The van der Waals surface area contributed by atoms with E-state index in [1.54, 1.807) is 18.2 Å². The second-order valence-corrected chi connectivity index (χ2v) is 8.74. The molecule has 0 aromatic heterocycles. The fourth-order valence-corrected chi connectivity index (χ4v) is 5.45. The molecule has 1 amide bonds. The number of fused-ring (bicyclic) bond motifs is 2. The number of aryl methyl sites for hydroxylation is 1. The van der Waals surface area contributed by atoms with Crippen LogP contribution >= 0.6 is 0 Å². The first-order chi connectivity index (χ1) is 11.9. The van der Waals surface area contributed by atoms with Crippen LogP contribution in [0.2, 0.25) is 0 Å². The molecule has 0 bridgehead atoms. The number of piperidine rings is 1. The molecule has 2 aromatic carbocycles. The first-order valence-electron chi connectivity index (χ1n) is 8.41. The lowest BCUT2D eigenvalue weighted by Gasteiger charge is -2.37. The summed E-state index contributed by atoms with van der Waals surface area (Å²) in [4.78, 5) is 12.9. The van der Waals surface area contributed by atoms with E-state index in [-0.39, 0.29) is 5.91 Å². The molecule has 2 aromatic rings. The molecule has 2 heterocycles. The minimum Gasteiger partial charge on any atom is -0.325 e. The van der Waals surface area contributed by atoms with E-state index >= 15 is 0 Å². The van der Waals surface area contributed by atoms with Gasteiger partial charge in [0.2, 0.25) is 15.9 Å². The number of para-hydroxylation sites is 1. The van der Waals surface area contributed by atoms with Gasteiger partial charge in [0.15, 0.2) is 0 Å². The van der Waals surface area contributed by atoms with Gasteiger partial charge in [0.25, 0.3) is 0 Å². The van der Waals surface area contributed by atoms with E-state index in [2.05, 4.69) is 5.32 Å². The zero-order valence-electron chi connectivity index (χ0n) is 14.0. The van der Waals surface area contributed by atoms with Crippen LogP contribution in [0.3, 0.4) is 0 Å². The van der Waals surface area contributed by atoms with Gasteiger partial charge in [-0.25, -0.2) is 8.42 Å². The maximum atomic E-state index is 12.9. The minimum atomic E-state index is -3.52. The SMILES string of the molecule is Cc1cccc(S(=O)(=O)N2CCC3(CC2)C(=O)Nc2ccccc23)c1. The van der Waals surface area contributed by atoms with Crippen LogP contribution in [0.1, 0.15) is 24.0 Å². The van der Waals surface area contributed by atoms with Gasteiger partial charge in [-0.3, -0.25) is 4.79 Å². The van der Waals surface area contributed by atoms with Gasteiger partial charge >= 0.3 is 0 Å². The molecule has 1 saturated heterocycles. The Morgan fingerprint density at radius 2 is 1.76 bits per heavy atom. The van der Waals surface area contributed by atoms with E-state index in [0.29, 0.717) is 30.8 Å². The number of amides is 1. The molecule has 2 aliphatic heterocycles. The lowest BCUT2D eigenvalue weighted by molar-refractivity contribution is -0.122. The first kappa shape index (κ1) is 16.3. The standard InChI is InChI=1S/C19H20N2O3S/c1-14-5-4-6-15(13-14)25(23,24)21-11-9-19(10-12-21)16-7-2-3-8-17(16)20-18(19)22/h2-8,13H,9-12H2,1H3,(H,20,22).